The number of aromatic nitrogens is 2. The van der Waals surface area contributed by atoms with E-state index in [1.165, 1.54) is 0 Å². The molecule has 2 rings (SSSR count). The molecule has 1 aromatic heterocycles. The second kappa shape index (κ2) is 5.08. The van der Waals surface area contributed by atoms with E-state index in [2.05, 4.69) is 37.7 Å². The highest BCUT2D eigenvalue weighted by Crippen LogP contribution is 2.36. The lowest BCUT2D eigenvalue weighted by Gasteiger charge is -2.26. The summed E-state index contributed by atoms with van der Waals surface area (Å²) in [6, 6.07) is 0. The van der Waals surface area contributed by atoms with Gasteiger partial charge in [-0.25, -0.2) is 4.98 Å². The number of aromatic amines is 1. The summed E-state index contributed by atoms with van der Waals surface area (Å²) in [4.78, 5) is 7.63. The van der Waals surface area contributed by atoms with E-state index in [4.69, 9.17) is 0 Å². The van der Waals surface area contributed by atoms with Crippen LogP contribution in [0.3, 0.4) is 0 Å². The predicted octanol–water partition coefficient (Wildman–Crippen LogP) is 4.30. The quantitative estimate of drug-likeness (QED) is 0.863. The average molecular weight is 288 g/mol. The number of hydrogen-bond acceptors (Lipinski definition) is 1. The number of imidazole rings is 1. The molecule has 0 saturated carbocycles. The van der Waals surface area contributed by atoms with Crippen LogP contribution in [0.5, 0.6) is 0 Å². The molecule has 1 aliphatic carbocycles. The largest absolute Gasteiger partial charge is 0.392 e. The number of nitrogens with zero attached hydrogens (tertiary/aromatic N) is 1. The first kappa shape index (κ1) is 15.4. The van der Waals surface area contributed by atoms with Crippen LogP contribution in [0.25, 0.3) is 0 Å². The molecule has 2 nitrogen and oxygen atoms in total. The van der Waals surface area contributed by atoms with Gasteiger partial charge in [-0.05, 0) is 24.2 Å². The predicted molar refractivity (Wildman–Crippen MR) is 72.5 cm³/mol. The van der Waals surface area contributed by atoms with Gasteiger partial charge >= 0.3 is 6.18 Å². The Bertz CT molecular complexity index is 468. The molecule has 0 saturated heterocycles. The van der Waals surface area contributed by atoms with E-state index in [1.54, 1.807) is 0 Å². The van der Waals surface area contributed by atoms with Crippen molar-refractivity contribution in [2.24, 2.45) is 17.3 Å². The van der Waals surface area contributed by atoms with Crippen molar-refractivity contribution in [2.75, 3.05) is 0 Å². The molecule has 5 heteroatoms. The minimum absolute atomic E-state index is 0.0513. The Morgan fingerprint density at radius 3 is 2.50 bits per heavy atom. The minimum Gasteiger partial charge on any atom is -0.346 e. The third-order valence-corrected chi connectivity index (χ3v) is 4.53. The van der Waals surface area contributed by atoms with Gasteiger partial charge in [0.1, 0.15) is 5.82 Å². The molecule has 0 amide bonds. The van der Waals surface area contributed by atoms with E-state index in [1.807, 2.05) is 0 Å². The fraction of sp³-hybridized carbons (Fsp3) is 0.800. The molecule has 2 atom stereocenters. The topological polar surface area (TPSA) is 28.7 Å². The summed E-state index contributed by atoms with van der Waals surface area (Å²) in [5, 5.41) is 0. The van der Waals surface area contributed by atoms with Gasteiger partial charge in [0, 0.05) is 18.5 Å². The fourth-order valence-electron chi connectivity index (χ4n) is 2.51. The highest BCUT2D eigenvalue weighted by molar-refractivity contribution is 5.19. The van der Waals surface area contributed by atoms with Gasteiger partial charge in [-0.1, -0.05) is 27.7 Å². The van der Waals surface area contributed by atoms with Gasteiger partial charge in [0.15, 0.2) is 0 Å². The monoisotopic (exact) mass is 288 g/mol. The third kappa shape index (κ3) is 3.36. The number of halogens is 3. The van der Waals surface area contributed by atoms with Crippen molar-refractivity contribution < 1.29 is 13.2 Å². The normalized spacial score (nSPS) is 21.6. The van der Waals surface area contributed by atoms with Gasteiger partial charge in [0.2, 0.25) is 0 Å². The van der Waals surface area contributed by atoms with Crippen molar-refractivity contribution >= 4 is 0 Å². The molecule has 1 N–H and O–H groups in total. The number of rotatable bonds is 2. The first-order valence-corrected chi connectivity index (χ1v) is 7.20. The van der Waals surface area contributed by atoms with Crippen LogP contribution >= 0.6 is 0 Å². The van der Waals surface area contributed by atoms with Crippen molar-refractivity contribution in [3.05, 3.63) is 17.2 Å². The molecule has 1 heterocycles. The maximum absolute atomic E-state index is 12.8. The SMILES string of the molecule is CC(Cc1nc2c([nH]1)CC(C(F)(F)F)CC2)C(C)(C)C. The summed E-state index contributed by atoms with van der Waals surface area (Å²) >= 11 is 0. The molecule has 0 aromatic carbocycles. The summed E-state index contributed by atoms with van der Waals surface area (Å²) < 4.78 is 38.3. The van der Waals surface area contributed by atoms with Crippen molar-refractivity contribution in [3.63, 3.8) is 0 Å². The van der Waals surface area contributed by atoms with Crippen LogP contribution in [-0.4, -0.2) is 16.1 Å². The molecule has 1 aliphatic rings. The summed E-state index contributed by atoms with van der Waals surface area (Å²) in [6.07, 6.45) is -2.67. The Labute approximate surface area is 118 Å². The van der Waals surface area contributed by atoms with E-state index in [0.29, 0.717) is 18.0 Å². The Morgan fingerprint density at radius 2 is 1.95 bits per heavy atom. The van der Waals surface area contributed by atoms with Gasteiger partial charge in [0.05, 0.1) is 11.6 Å². The van der Waals surface area contributed by atoms with E-state index in [9.17, 15) is 13.2 Å². The van der Waals surface area contributed by atoms with E-state index in [0.717, 1.165) is 17.9 Å². The molecule has 1 aromatic rings. The van der Waals surface area contributed by atoms with E-state index in [-0.39, 0.29) is 18.3 Å². The molecule has 0 aliphatic heterocycles. The standard InChI is InChI=1S/C15H23F3N2/c1-9(14(2,3)4)7-13-19-11-6-5-10(15(16,17)18)8-12(11)20-13/h9-10H,5-8H2,1-4H3,(H,19,20). The number of fused-ring (bicyclic) bond motifs is 1. The smallest absolute Gasteiger partial charge is 0.346 e. The van der Waals surface area contributed by atoms with E-state index < -0.39 is 12.1 Å². The van der Waals surface area contributed by atoms with Crippen molar-refractivity contribution in [3.8, 4) is 0 Å². The van der Waals surface area contributed by atoms with Crippen LogP contribution in [0.4, 0.5) is 13.2 Å². The molecule has 114 valence electrons. The molecule has 0 radical (unpaired) electrons. The molecule has 0 bridgehead atoms. The number of H-pyrrole nitrogens is 1. The molecular weight excluding hydrogens is 265 g/mol. The van der Waals surface area contributed by atoms with Crippen LogP contribution in [-0.2, 0) is 19.3 Å². The lowest BCUT2D eigenvalue weighted by Crippen LogP contribution is -2.28. The second-order valence-electron chi connectivity index (χ2n) is 7.06. The molecule has 0 fully saturated rings. The Morgan fingerprint density at radius 1 is 1.30 bits per heavy atom. The summed E-state index contributed by atoms with van der Waals surface area (Å²) in [6.45, 7) is 8.65. The zero-order chi connectivity index (χ0) is 15.1. The number of hydrogen-bond donors (Lipinski definition) is 1. The lowest BCUT2D eigenvalue weighted by atomic mass is 9.80. The minimum atomic E-state index is -4.10. The average Bonchev–Trinajstić information content (AvgIpc) is 2.67. The van der Waals surface area contributed by atoms with Gasteiger partial charge in [-0.3, -0.25) is 0 Å². The van der Waals surface area contributed by atoms with Gasteiger partial charge in [0.25, 0.3) is 0 Å². The van der Waals surface area contributed by atoms with Crippen LogP contribution < -0.4 is 0 Å². The fourth-order valence-corrected chi connectivity index (χ4v) is 2.51. The van der Waals surface area contributed by atoms with Gasteiger partial charge < -0.3 is 4.98 Å². The summed E-state index contributed by atoms with van der Waals surface area (Å²) in [7, 11) is 0. The van der Waals surface area contributed by atoms with Gasteiger partial charge in [-0.2, -0.15) is 13.2 Å². The Balaban J connectivity index is 2.10. The van der Waals surface area contributed by atoms with Crippen LogP contribution in [0.2, 0.25) is 0 Å². The van der Waals surface area contributed by atoms with Gasteiger partial charge in [-0.15, -0.1) is 0 Å². The van der Waals surface area contributed by atoms with E-state index >= 15 is 0 Å². The summed E-state index contributed by atoms with van der Waals surface area (Å²) in [5.41, 5.74) is 1.69. The third-order valence-electron chi connectivity index (χ3n) is 4.53. The molecule has 20 heavy (non-hydrogen) atoms. The number of alkyl halides is 3. The first-order chi connectivity index (χ1) is 9.07. The maximum atomic E-state index is 12.8. The van der Waals surface area contributed by atoms with Crippen LogP contribution in [0, 0.1) is 17.3 Å². The first-order valence-electron chi connectivity index (χ1n) is 7.20. The zero-order valence-corrected chi connectivity index (χ0v) is 12.6. The number of aryl methyl sites for hydroxylation is 1. The molecular formula is C15H23F3N2. The van der Waals surface area contributed by atoms with Crippen LogP contribution in [0.15, 0.2) is 0 Å². The van der Waals surface area contributed by atoms with Crippen molar-refractivity contribution in [1.29, 1.82) is 0 Å². The highest BCUT2D eigenvalue weighted by Gasteiger charge is 2.42. The molecule has 2 unspecified atom stereocenters. The zero-order valence-electron chi connectivity index (χ0n) is 12.6. The maximum Gasteiger partial charge on any atom is 0.392 e. The highest BCUT2D eigenvalue weighted by atomic mass is 19.4. The van der Waals surface area contributed by atoms with Crippen molar-refractivity contribution in [1.82, 2.24) is 9.97 Å². The Hall–Kier alpha value is -1.00. The second-order valence-corrected chi connectivity index (χ2v) is 7.06. The van der Waals surface area contributed by atoms with Crippen LogP contribution in [0.1, 0.15) is 51.3 Å². The molecule has 0 spiro atoms. The Kier molecular flexibility index (Phi) is 3.91. The number of nitrogens with one attached hydrogen (secondary N) is 1. The van der Waals surface area contributed by atoms with Crippen molar-refractivity contribution in [2.45, 2.75) is 59.6 Å². The summed E-state index contributed by atoms with van der Waals surface area (Å²) in [5.74, 6) is 0.0390. The lowest BCUT2D eigenvalue weighted by molar-refractivity contribution is -0.177.